The monoisotopic (exact) mass is 366 g/mol. The topological polar surface area (TPSA) is 78.1 Å². The van der Waals surface area contributed by atoms with Crippen molar-refractivity contribution >= 4 is 11.8 Å². The minimum atomic E-state index is -0.121. The number of amides is 2. The number of aromatic amines is 1. The van der Waals surface area contributed by atoms with Crippen molar-refractivity contribution in [3.8, 4) is 11.1 Å². The number of aromatic nitrogens is 2. The normalized spacial score (nSPS) is 19.6. The van der Waals surface area contributed by atoms with Gasteiger partial charge in [-0.3, -0.25) is 14.7 Å². The number of aryl methyl sites for hydroxylation is 1. The van der Waals surface area contributed by atoms with Crippen LogP contribution in [0.1, 0.15) is 60.3 Å². The first-order valence-corrected chi connectivity index (χ1v) is 9.80. The number of nitrogens with one attached hydrogen (secondary N) is 2. The molecule has 6 heteroatoms. The van der Waals surface area contributed by atoms with Crippen molar-refractivity contribution in [3.63, 3.8) is 0 Å². The Labute approximate surface area is 159 Å². The van der Waals surface area contributed by atoms with Crippen LogP contribution >= 0.6 is 0 Å². The zero-order valence-electron chi connectivity index (χ0n) is 15.9. The Bertz CT molecular complexity index is 852. The second-order valence-electron chi connectivity index (χ2n) is 7.67. The van der Waals surface area contributed by atoms with E-state index in [2.05, 4.69) is 22.4 Å². The van der Waals surface area contributed by atoms with E-state index in [1.54, 1.807) is 0 Å². The van der Waals surface area contributed by atoms with Crippen LogP contribution in [0.15, 0.2) is 24.3 Å². The van der Waals surface area contributed by atoms with Gasteiger partial charge in [-0.25, -0.2) is 0 Å². The third kappa shape index (κ3) is 3.61. The van der Waals surface area contributed by atoms with Crippen molar-refractivity contribution < 1.29 is 9.59 Å². The van der Waals surface area contributed by atoms with Crippen LogP contribution in [-0.2, 0) is 4.79 Å². The predicted octanol–water partition coefficient (Wildman–Crippen LogP) is 3.00. The van der Waals surface area contributed by atoms with Crippen LogP contribution in [0.2, 0.25) is 0 Å². The lowest BCUT2D eigenvalue weighted by Crippen LogP contribution is -2.37. The van der Waals surface area contributed by atoms with Crippen molar-refractivity contribution in [1.82, 2.24) is 20.4 Å². The number of rotatable bonds is 6. The number of carbonyl (C=O) groups excluding carboxylic acids is 2. The molecule has 2 N–H and O–H groups in total. The summed E-state index contributed by atoms with van der Waals surface area (Å²) in [6.45, 7) is 5.45. The highest BCUT2D eigenvalue weighted by Crippen LogP contribution is 2.44. The van der Waals surface area contributed by atoms with Crippen LogP contribution in [0.4, 0.5) is 0 Å². The van der Waals surface area contributed by atoms with Gasteiger partial charge in [0.05, 0.1) is 11.7 Å². The molecule has 6 nitrogen and oxygen atoms in total. The minimum Gasteiger partial charge on any atom is -0.347 e. The van der Waals surface area contributed by atoms with Gasteiger partial charge in [-0.15, -0.1) is 0 Å². The lowest BCUT2D eigenvalue weighted by molar-refractivity contribution is -0.127. The van der Waals surface area contributed by atoms with E-state index in [0.29, 0.717) is 24.4 Å². The average molecular weight is 366 g/mol. The molecule has 2 aliphatic rings. The lowest BCUT2D eigenvalue weighted by Gasteiger charge is -2.16. The van der Waals surface area contributed by atoms with E-state index >= 15 is 0 Å². The van der Waals surface area contributed by atoms with Crippen LogP contribution in [-0.4, -0.2) is 46.0 Å². The Morgan fingerprint density at radius 3 is 2.70 bits per heavy atom. The van der Waals surface area contributed by atoms with Crippen LogP contribution in [0.5, 0.6) is 0 Å². The van der Waals surface area contributed by atoms with Crippen molar-refractivity contribution in [1.29, 1.82) is 0 Å². The molecule has 4 rings (SSSR count). The highest BCUT2D eigenvalue weighted by atomic mass is 16.2. The fourth-order valence-electron chi connectivity index (χ4n) is 3.88. The van der Waals surface area contributed by atoms with Gasteiger partial charge in [0.1, 0.15) is 0 Å². The summed E-state index contributed by atoms with van der Waals surface area (Å²) in [6.07, 6.45) is 3.73. The number of nitrogens with zero attached hydrogens (tertiary/aromatic N) is 2. The van der Waals surface area contributed by atoms with E-state index in [1.165, 1.54) is 18.4 Å². The van der Waals surface area contributed by atoms with Gasteiger partial charge in [0.25, 0.3) is 5.91 Å². The predicted molar refractivity (Wildman–Crippen MR) is 103 cm³/mol. The SMILES string of the molecule is CCCN1C[C@@H](NC(=O)c2ccc(-c3c(C4CC4)n[nH]c3C)cc2)CC1=O. The summed E-state index contributed by atoms with van der Waals surface area (Å²) in [7, 11) is 0. The molecule has 1 saturated heterocycles. The van der Waals surface area contributed by atoms with Gasteiger partial charge in [0.15, 0.2) is 0 Å². The van der Waals surface area contributed by atoms with Gasteiger partial charge >= 0.3 is 0 Å². The fraction of sp³-hybridized carbons (Fsp3) is 0.476. The first-order valence-electron chi connectivity index (χ1n) is 9.80. The fourth-order valence-corrected chi connectivity index (χ4v) is 3.88. The number of hydrogen-bond acceptors (Lipinski definition) is 3. The molecule has 0 radical (unpaired) electrons. The first kappa shape index (κ1) is 17.8. The molecule has 2 aromatic rings. The maximum absolute atomic E-state index is 12.6. The second-order valence-corrected chi connectivity index (χ2v) is 7.67. The molecular formula is C21H26N4O2. The van der Waals surface area contributed by atoms with Crippen molar-refractivity contribution in [2.75, 3.05) is 13.1 Å². The highest BCUT2D eigenvalue weighted by Gasteiger charge is 2.31. The van der Waals surface area contributed by atoms with Crippen LogP contribution in [0.25, 0.3) is 11.1 Å². The van der Waals surface area contributed by atoms with Gasteiger partial charge in [0, 0.05) is 42.2 Å². The summed E-state index contributed by atoms with van der Waals surface area (Å²) in [4.78, 5) is 26.3. The largest absolute Gasteiger partial charge is 0.347 e. The maximum atomic E-state index is 12.6. The molecule has 1 atom stereocenters. The van der Waals surface area contributed by atoms with E-state index < -0.39 is 0 Å². The van der Waals surface area contributed by atoms with Gasteiger partial charge in [-0.1, -0.05) is 19.1 Å². The van der Waals surface area contributed by atoms with E-state index in [-0.39, 0.29) is 17.9 Å². The standard InChI is InChI=1S/C21H26N4O2/c1-3-10-25-12-17(11-18(25)26)22-21(27)16-8-4-14(5-9-16)19-13(2)23-24-20(19)15-6-7-15/h4-5,8-9,15,17H,3,6-7,10-12H2,1-2H3,(H,22,27)(H,23,24)/t17-/m0/s1. The van der Waals surface area contributed by atoms with E-state index in [1.807, 2.05) is 36.1 Å². The Morgan fingerprint density at radius 2 is 2.04 bits per heavy atom. The first-order chi connectivity index (χ1) is 13.1. The number of carbonyl (C=O) groups is 2. The van der Waals surface area contributed by atoms with Gasteiger partial charge in [0.2, 0.25) is 5.91 Å². The maximum Gasteiger partial charge on any atom is 0.251 e. The molecule has 142 valence electrons. The Balaban J connectivity index is 1.44. The van der Waals surface area contributed by atoms with Gasteiger partial charge < -0.3 is 10.2 Å². The summed E-state index contributed by atoms with van der Waals surface area (Å²) >= 11 is 0. The number of H-pyrrole nitrogens is 1. The summed E-state index contributed by atoms with van der Waals surface area (Å²) < 4.78 is 0. The molecule has 1 aromatic carbocycles. The van der Waals surface area contributed by atoms with Crippen molar-refractivity contribution in [3.05, 3.63) is 41.2 Å². The summed E-state index contributed by atoms with van der Waals surface area (Å²) in [6, 6.07) is 7.58. The molecule has 0 unspecified atom stereocenters. The van der Waals surface area contributed by atoms with Crippen molar-refractivity contribution in [2.24, 2.45) is 0 Å². The molecule has 2 fully saturated rings. The zero-order valence-corrected chi connectivity index (χ0v) is 15.9. The highest BCUT2D eigenvalue weighted by molar-refractivity contribution is 5.95. The molecule has 1 aromatic heterocycles. The Morgan fingerprint density at radius 1 is 1.30 bits per heavy atom. The molecular weight excluding hydrogens is 340 g/mol. The molecule has 2 amide bonds. The van der Waals surface area contributed by atoms with E-state index in [0.717, 1.165) is 29.9 Å². The van der Waals surface area contributed by atoms with Crippen LogP contribution < -0.4 is 5.32 Å². The third-order valence-corrected chi connectivity index (χ3v) is 5.42. The molecule has 0 bridgehead atoms. The summed E-state index contributed by atoms with van der Waals surface area (Å²) in [5.74, 6) is 0.573. The quantitative estimate of drug-likeness (QED) is 0.825. The third-order valence-electron chi connectivity index (χ3n) is 5.42. The van der Waals surface area contributed by atoms with Gasteiger partial charge in [-0.2, -0.15) is 5.10 Å². The van der Waals surface area contributed by atoms with Crippen LogP contribution in [0.3, 0.4) is 0 Å². The van der Waals surface area contributed by atoms with Crippen molar-refractivity contribution in [2.45, 2.75) is 51.5 Å². The van der Waals surface area contributed by atoms with E-state index in [9.17, 15) is 9.59 Å². The molecule has 1 aliphatic carbocycles. The van der Waals surface area contributed by atoms with E-state index in [4.69, 9.17) is 0 Å². The smallest absolute Gasteiger partial charge is 0.251 e. The summed E-state index contributed by atoms with van der Waals surface area (Å²) in [5, 5.41) is 10.6. The summed E-state index contributed by atoms with van der Waals surface area (Å²) in [5.41, 5.74) is 5.08. The zero-order chi connectivity index (χ0) is 19.0. The Hall–Kier alpha value is -2.63. The Kier molecular flexibility index (Phi) is 4.72. The number of benzene rings is 1. The molecule has 2 heterocycles. The second kappa shape index (κ2) is 7.18. The van der Waals surface area contributed by atoms with Crippen LogP contribution in [0, 0.1) is 6.92 Å². The molecule has 27 heavy (non-hydrogen) atoms. The number of hydrogen-bond donors (Lipinski definition) is 2. The number of likely N-dealkylation sites (tertiary alicyclic amines) is 1. The van der Waals surface area contributed by atoms with Gasteiger partial charge in [-0.05, 0) is 43.9 Å². The lowest BCUT2D eigenvalue weighted by atomic mass is 10.00. The minimum absolute atomic E-state index is 0.103. The molecule has 1 aliphatic heterocycles. The molecule has 1 saturated carbocycles. The molecule has 0 spiro atoms. The average Bonchev–Trinajstić information content (AvgIpc) is 3.35.